The van der Waals surface area contributed by atoms with Crippen molar-refractivity contribution in [3.05, 3.63) is 61.6 Å². The summed E-state index contributed by atoms with van der Waals surface area (Å²) in [6.07, 6.45) is 0. The van der Waals surface area contributed by atoms with Crippen LogP contribution in [-0.2, 0) is 20.3 Å². The molecular weight excluding hydrogens is 409 g/mol. The first-order valence-corrected chi connectivity index (χ1v) is 9.24. The molecule has 8 nitrogen and oxygen atoms in total. The summed E-state index contributed by atoms with van der Waals surface area (Å²) in [5.74, 6) is -2.57. The SMILES string of the molecule is COC(=O)c1ccc(Cl)cc1S(=O)(=O)Cc1cc(Cl)cc([N+](=O)[O-])c1O. The van der Waals surface area contributed by atoms with Crippen LogP contribution in [0.15, 0.2) is 35.2 Å². The highest BCUT2D eigenvalue weighted by atomic mass is 35.5. The van der Waals surface area contributed by atoms with Crippen molar-refractivity contribution in [2.75, 3.05) is 7.11 Å². The number of ether oxygens (including phenoxy) is 1. The maximum atomic E-state index is 12.7. The molecule has 0 aliphatic heterocycles. The van der Waals surface area contributed by atoms with Crippen LogP contribution in [0.5, 0.6) is 5.75 Å². The average Bonchev–Trinajstić information content (AvgIpc) is 2.56. The molecule has 0 radical (unpaired) electrons. The van der Waals surface area contributed by atoms with Gasteiger partial charge in [-0.1, -0.05) is 23.2 Å². The highest BCUT2D eigenvalue weighted by Gasteiger charge is 2.27. The Labute approximate surface area is 158 Å². The molecule has 0 heterocycles. The van der Waals surface area contributed by atoms with E-state index in [1.807, 2.05) is 0 Å². The number of nitro groups is 1. The molecular formula is C15H11Cl2NO7S. The molecule has 11 heteroatoms. The lowest BCUT2D eigenvalue weighted by atomic mass is 10.2. The van der Waals surface area contributed by atoms with Gasteiger partial charge in [-0.25, -0.2) is 13.2 Å². The van der Waals surface area contributed by atoms with Gasteiger partial charge in [-0.05, 0) is 24.3 Å². The number of sulfone groups is 1. The number of phenolic OH excluding ortho intramolecular Hbond substituents is 1. The van der Waals surface area contributed by atoms with Crippen LogP contribution in [0, 0.1) is 10.1 Å². The first kappa shape index (κ1) is 20.0. The zero-order valence-corrected chi connectivity index (χ0v) is 15.4. The number of carbonyl (C=O) groups excluding carboxylic acids is 1. The molecule has 0 aliphatic rings. The summed E-state index contributed by atoms with van der Waals surface area (Å²) < 4.78 is 30.0. The Kier molecular flexibility index (Phi) is 5.74. The van der Waals surface area contributed by atoms with Gasteiger partial charge in [-0.3, -0.25) is 10.1 Å². The van der Waals surface area contributed by atoms with Crippen molar-refractivity contribution in [3.63, 3.8) is 0 Å². The highest BCUT2D eigenvalue weighted by molar-refractivity contribution is 7.90. The van der Waals surface area contributed by atoms with Gasteiger partial charge in [0.1, 0.15) is 0 Å². The molecule has 0 fully saturated rings. The molecule has 2 aromatic rings. The first-order valence-electron chi connectivity index (χ1n) is 6.83. The summed E-state index contributed by atoms with van der Waals surface area (Å²) in [7, 11) is -3.15. The lowest BCUT2D eigenvalue weighted by Crippen LogP contribution is -2.13. The van der Waals surface area contributed by atoms with E-state index in [2.05, 4.69) is 4.74 Å². The number of phenols is 1. The van der Waals surface area contributed by atoms with Crippen molar-refractivity contribution < 1.29 is 28.0 Å². The lowest BCUT2D eigenvalue weighted by Gasteiger charge is -2.11. The topological polar surface area (TPSA) is 124 Å². The molecule has 2 rings (SSSR count). The Hall–Kier alpha value is -2.36. The molecule has 0 amide bonds. The molecule has 1 N–H and O–H groups in total. The van der Waals surface area contributed by atoms with Crippen LogP contribution in [0.2, 0.25) is 10.0 Å². The van der Waals surface area contributed by atoms with Gasteiger partial charge in [0, 0.05) is 21.7 Å². The summed E-state index contributed by atoms with van der Waals surface area (Å²) in [6, 6.07) is 5.53. The minimum Gasteiger partial charge on any atom is -0.502 e. The second-order valence-electron chi connectivity index (χ2n) is 5.08. The van der Waals surface area contributed by atoms with Crippen molar-refractivity contribution in [1.82, 2.24) is 0 Å². The van der Waals surface area contributed by atoms with E-state index in [1.165, 1.54) is 12.1 Å². The zero-order valence-electron chi connectivity index (χ0n) is 13.1. The molecule has 26 heavy (non-hydrogen) atoms. The van der Waals surface area contributed by atoms with E-state index >= 15 is 0 Å². The van der Waals surface area contributed by atoms with Crippen molar-refractivity contribution in [2.24, 2.45) is 0 Å². The van der Waals surface area contributed by atoms with Crippen LogP contribution in [0.3, 0.4) is 0 Å². The monoisotopic (exact) mass is 419 g/mol. The third-order valence-corrected chi connectivity index (χ3v) is 5.51. The number of rotatable bonds is 5. The zero-order chi connectivity index (χ0) is 19.6. The van der Waals surface area contributed by atoms with Crippen molar-refractivity contribution in [3.8, 4) is 5.75 Å². The Morgan fingerprint density at radius 2 is 1.88 bits per heavy atom. The van der Waals surface area contributed by atoms with Gasteiger partial charge in [0.05, 0.1) is 28.2 Å². The van der Waals surface area contributed by atoms with E-state index in [1.54, 1.807) is 0 Å². The number of halogens is 2. The largest absolute Gasteiger partial charge is 0.502 e. The number of hydrogen-bond acceptors (Lipinski definition) is 7. The van der Waals surface area contributed by atoms with Gasteiger partial charge < -0.3 is 9.84 Å². The van der Waals surface area contributed by atoms with Crippen molar-refractivity contribution in [1.29, 1.82) is 0 Å². The lowest BCUT2D eigenvalue weighted by molar-refractivity contribution is -0.385. The molecule has 0 atom stereocenters. The Morgan fingerprint density at radius 3 is 2.46 bits per heavy atom. The van der Waals surface area contributed by atoms with E-state index in [0.717, 1.165) is 25.3 Å². The number of benzene rings is 2. The number of aromatic hydroxyl groups is 1. The molecule has 0 aromatic heterocycles. The average molecular weight is 420 g/mol. The highest BCUT2D eigenvalue weighted by Crippen LogP contribution is 2.36. The Balaban J connectivity index is 2.60. The maximum Gasteiger partial charge on any atom is 0.339 e. The van der Waals surface area contributed by atoms with Crippen LogP contribution in [0.25, 0.3) is 0 Å². The molecule has 0 aliphatic carbocycles. The van der Waals surface area contributed by atoms with Crippen LogP contribution >= 0.6 is 23.2 Å². The smallest absolute Gasteiger partial charge is 0.339 e. The molecule has 2 aromatic carbocycles. The molecule has 0 saturated heterocycles. The van der Waals surface area contributed by atoms with E-state index in [-0.39, 0.29) is 21.2 Å². The van der Waals surface area contributed by atoms with Gasteiger partial charge in [0.15, 0.2) is 15.6 Å². The Morgan fingerprint density at radius 1 is 1.23 bits per heavy atom. The second kappa shape index (κ2) is 7.48. The third kappa shape index (κ3) is 4.06. The minimum atomic E-state index is -4.23. The minimum absolute atomic E-state index is 0.0533. The fourth-order valence-electron chi connectivity index (χ4n) is 2.20. The predicted molar refractivity (Wildman–Crippen MR) is 93.5 cm³/mol. The number of nitrogens with zero attached hydrogens (tertiary/aromatic N) is 1. The second-order valence-corrected chi connectivity index (χ2v) is 7.91. The van der Waals surface area contributed by atoms with Gasteiger partial charge >= 0.3 is 11.7 Å². The fourth-order valence-corrected chi connectivity index (χ4v) is 4.25. The number of nitro benzene ring substituents is 1. The van der Waals surface area contributed by atoms with Crippen LogP contribution < -0.4 is 0 Å². The molecule has 138 valence electrons. The standard InChI is InChI=1S/C15H11Cl2NO7S/c1-25-15(20)11-3-2-9(16)6-13(11)26(23,24)7-8-4-10(17)5-12(14(8)19)18(21)22/h2-6,19H,7H2,1H3. The molecule has 0 bridgehead atoms. The molecule has 0 spiro atoms. The van der Waals surface area contributed by atoms with Crippen molar-refractivity contribution >= 4 is 44.7 Å². The van der Waals surface area contributed by atoms with Gasteiger partial charge in [0.2, 0.25) is 0 Å². The maximum absolute atomic E-state index is 12.7. The van der Waals surface area contributed by atoms with Crippen LogP contribution in [0.1, 0.15) is 15.9 Å². The molecule has 0 unspecified atom stereocenters. The van der Waals surface area contributed by atoms with Crippen LogP contribution in [-0.4, -0.2) is 31.5 Å². The Bertz CT molecular complexity index is 1010. The number of methoxy groups -OCH3 is 1. The van der Waals surface area contributed by atoms with E-state index in [0.29, 0.717) is 0 Å². The number of esters is 1. The van der Waals surface area contributed by atoms with Crippen LogP contribution in [0.4, 0.5) is 5.69 Å². The summed E-state index contributed by atoms with van der Waals surface area (Å²) in [6.45, 7) is 0. The summed E-state index contributed by atoms with van der Waals surface area (Å²) >= 11 is 11.6. The third-order valence-electron chi connectivity index (χ3n) is 3.36. The summed E-state index contributed by atoms with van der Waals surface area (Å²) in [4.78, 5) is 21.4. The van der Waals surface area contributed by atoms with Gasteiger partial charge in [0.25, 0.3) is 0 Å². The first-order chi connectivity index (χ1) is 12.1. The van der Waals surface area contributed by atoms with Gasteiger partial charge in [-0.15, -0.1) is 0 Å². The quantitative estimate of drug-likeness (QED) is 0.447. The van der Waals surface area contributed by atoms with E-state index in [9.17, 15) is 28.4 Å². The van der Waals surface area contributed by atoms with E-state index < -0.39 is 42.8 Å². The fraction of sp³-hybridized carbons (Fsp3) is 0.133. The molecule has 0 saturated carbocycles. The number of hydrogen-bond donors (Lipinski definition) is 1. The summed E-state index contributed by atoms with van der Waals surface area (Å²) in [5.41, 5.74) is -1.28. The number of carbonyl (C=O) groups is 1. The normalized spacial score (nSPS) is 11.2. The summed E-state index contributed by atoms with van der Waals surface area (Å²) in [5, 5.41) is 20.9. The van der Waals surface area contributed by atoms with Gasteiger partial charge in [-0.2, -0.15) is 0 Å². The van der Waals surface area contributed by atoms with Crippen molar-refractivity contribution in [2.45, 2.75) is 10.6 Å². The van der Waals surface area contributed by atoms with E-state index in [4.69, 9.17) is 23.2 Å². The predicted octanol–water partition coefficient (Wildman–Crippen LogP) is 3.37.